The topological polar surface area (TPSA) is 84.9 Å². The number of carbonyl (C=O) groups excluding carboxylic acids is 1. The Morgan fingerprint density at radius 3 is 2.58 bits per heavy atom. The zero-order valence-electron chi connectivity index (χ0n) is 15.1. The second kappa shape index (κ2) is 8.89. The van der Waals surface area contributed by atoms with Crippen molar-refractivity contribution in [3.63, 3.8) is 0 Å². The van der Waals surface area contributed by atoms with Crippen LogP contribution in [0.15, 0.2) is 42.5 Å². The van der Waals surface area contributed by atoms with Crippen LogP contribution < -0.4 is 14.8 Å². The van der Waals surface area contributed by atoms with Gasteiger partial charge in [-0.15, -0.1) is 0 Å². The Hall–Kier alpha value is -3.02. The average Bonchev–Trinajstić information content (AvgIpc) is 2.62. The van der Waals surface area contributed by atoms with Gasteiger partial charge in [-0.3, -0.25) is 4.79 Å². The smallest absolute Gasteiger partial charge is 0.341 e. The molecule has 2 rings (SSSR count). The van der Waals surface area contributed by atoms with Crippen molar-refractivity contribution in [3.8, 4) is 11.5 Å². The van der Waals surface area contributed by atoms with Crippen LogP contribution in [-0.2, 0) is 9.59 Å². The summed E-state index contributed by atoms with van der Waals surface area (Å²) in [5.41, 5.74) is 2.51. The van der Waals surface area contributed by atoms with E-state index < -0.39 is 12.6 Å². The van der Waals surface area contributed by atoms with Crippen molar-refractivity contribution in [2.75, 3.05) is 19.0 Å². The van der Waals surface area contributed by atoms with E-state index >= 15 is 0 Å². The zero-order chi connectivity index (χ0) is 19.1. The maximum atomic E-state index is 12.4. The van der Waals surface area contributed by atoms with E-state index in [9.17, 15) is 9.59 Å². The molecule has 0 aliphatic rings. The van der Waals surface area contributed by atoms with Gasteiger partial charge in [0.25, 0.3) is 0 Å². The van der Waals surface area contributed by atoms with E-state index in [1.165, 1.54) is 0 Å². The number of benzene rings is 2. The number of rotatable bonds is 8. The largest absolute Gasteiger partial charge is 0.497 e. The summed E-state index contributed by atoms with van der Waals surface area (Å²) >= 11 is 0. The summed E-state index contributed by atoms with van der Waals surface area (Å²) in [6, 6.07) is 12.7. The number of carbonyl (C=O) groups is 2. The molecule has 0 fully saturated rings. The van der Waals surface area contributed by atoms with Crippen LogP contribution in [0.5, 0.6) is 11.5 Å². The molecule has 0 radical (unpaired) electrons. The van der Waals surface area contributed by atoms with Crippen LogP contribution in [0.1, 0.15) is 30.4 Å². The quantitative estimate of drug-likeness (QED) is 0.754. The van der Waals surface area contributed by atoms with Crippen LogP contribution in [0, 0.1) is 6.92 Å². The Balaban J connectivity index is 1.97. The molecule has 1 unspecified atom stereocenters. The summed E-state index contributed by atoms with van der Waals surface area (Å²) in [5, 5.41) is 11.5. The number of hydrogen-bond donors (Lipinski definition) is 2. The molecule has 2 aromatic carbocycles. The number of hydrogen-bond acceptors (Lipinski definition) is 4. The second-order valence-corrected chi connectivity index (χ2v) is 6.09. The average molecular weight is 357 g/mol. The van der Waals surface area contributed by atoms with Gasteiger partial charge in [-0.25, -0.2) is 4.79 Å². The molecule has 138 valence electrons. The van der Waals surface area contributed by atoms with E-state index in [0.29, 0.717) is 17.9 Å². The number of amides is 1. The van der Waals surface area contributed by atoms with Gasteiger partial charge < -0.3 is 19.9 Å². The Morgan fingerprint density at radius 2 is 1.92 bits per heavy atom. The van der Waals surface area contributed by atoms with Gasteiger partial charge in [0.2, 0.25) is 5.91 Å². The van der Waals surface area contributed by atoms with Gasteiger partial charge in [0, 0.05) is 12.1 Å². The Morgan fingerprint density at radius 1 is 1.15 bits per heavy atom. The van der Waals surface area contributed by atoms with Crippen molar-refractivity contribution in [2.45, 2.75) is 26.2 Å². The molecule has 0 saturated carbocycles. The van der Waals surface area contributed by atoms with Crippen molar-refractivity contribution in [1.82, 2.24) is 0 Å². The fraction of sp³-hybridized carbons (Fsp3) is 0.300. The van der Waals surface area contributed by atoms with Crippen LogP contribution in [-0.4, -0.2) is 30.7 Å². The van der Waals surface area contributed by atoms with Crippen LogP contribution in [0.3, 0.4) is 0 Å². The van der Waals surface area contributed by atoms with E-state index in [0.717, 1.165) is 16.9 Å². The molecule has 0 bridgehead atoms. The van der Waals surface area contributed by atoms with E-state index in [-0.39, 0.29) is 11.8 Å². The standard InChI is InChI=1S/C20H23NO5/c1-13(15-5-4-6-16(11-15)25-3)10-19(22)21-18-8-7-17(9-14(18)2)26-12-20(23)24/h4-9,11,13H,10,12H2,1-3H3,(H,21,22)(H,23,24). The summed E-state index contributed by atoms with van der Waals surface area (Å²) in [5.74, 6) is 0.132. The summed E-state index contributed by atoms with van der Waals surface area (Å²) in [6.07, 6.45) is 0.337. The lowest BCUT2D eigenvalue weighted by Crippen LogP contribution is -2.15. The molecule has 2 N–H and O–H groups in total. The fourth-order valence-electron chi connectivity index (χ4n) is 2.56. The van der Waals surface area contributed by atoms with Gasteiger partial charge in [-0.2, -0.15) is 0 Å². The number of carboxylic acid groups (broad SMARTS) is 1. The van der Waals surface area contributed by atoms with Gasteiger partial charge in [-0.05, 0) is 54.3 Å². The predicted molar refractivity (Wildman–Crippen MR) is 99.0 cm³/mol. The van der Waals surface area contributed by atoms with Gasteiger partial charge in [-0.1, -0.05) is 19.1 Å². The number of nitrogens with one attached hydrogen (secondary N) is 1. The minimum absolute atomic E-state index is 0.0450. The molecule has 2 aromatic rings. The van der Waals surface area contributed by atoms with Gasteiger partial charge in [0.15, 0.2) is 6.61 Å². The molecular weight excluding hydrogens is 334 g/mol. The predicted octanol–water partition coefficient (Wildman–Crippen LogP) is 3.60. The fourth-order valence-corrected chi connectivity index (χ4v) is 2.56. The first-order valence-corrected chi connectivity index (χ1v) is 8.28. The highest BCUT2D eigenvalue weighted by atomic mass is 16.5. The van der Waals surface area contributed by atoms with E-state index in [2.05, 4.69) is 5.32 Å². The minimum Gasteiger partial charge on any atom is -0.497 e. The first-order chi connectivity index (χ1) is 12.4. The monoisotopic (exact) mass is 357 g/mol. The third-order valence-corrected chi connectivity index (χ3v) is 3.99. The molecule has 0 aliphatic carbocycles. The Bertz CT molecular complexity index is 788. The lowest BCUT2D eigenvalue weighted by Gasteiger charge is -2.14. The Labute approximate surface area is 152 Å². The van der Waals surface area contributed by atoms with Crippen molar-refractivity contribution in [3.05, 3.63) is 53.6 Å². The van der Waals surface area contributed by atoms with Crippen LogP contribution >= 0.6 is 0 Å². The number of anilines is 1. The molecule has 1 amide bonds. The molecule has 0 aromatic heterocycles. The maximum absolute atomic E-state index is 12.4. The van der Waals surface area contributed by atoms with Crippen LogP contribution in [0.4, 0.5) is 5.69 Å². The highest BCUT2D eigenvalue weighted by Crippen LogP contribution is 2.25. The molecule has 0 aliphatic heterocycles. The molecule has 26 heavy (non-hydrogen) atoms. The number of ether oxygens (including phenoxy) is 2. The Kier molecular flexibility index (Phi) is 6.60. The molecule has 0 spiro atoms. The number of carboxylic acids is 1. The summed E-state index contributed by atoms with van der Waals surface area (Å²) in [4.78, 5) is 22.9. The third-order valence-electron chi connectivity index (χ3n) is 3.99. The summed E-state index contributed by atoms with van der Waals surface area (Å²) in [7, 11) is 1.61. The molecule has 0 heterocycles. The normalized spacial score (nSPS) is 11.5. The summed E-state index contributed by atoms with van der Waals surface area (Å²) < 4.78 is 10.3. The highest BCUT2D eigenvalue weighted by Gasteiger charge is 2.13. The molecule has 1 atom stereocenters. The van der Waals surface area contributed by atoms with Gasteiger partial charge in [0.1, 0.15) is 11.5 Å². The first kappa shape index (κ1) is 19.3. The SMILES string of the molecule is COc1cccc(C(C)CC(=O)Nc2ccc(OCC(=O)O)cc2C)c1. The van der Waals surface area contributed by atoms with Crippen molar-refractivity contribution in [1.29, 1.82) is 0 Å². The highest BCUT2D eigenvalue weighted by molar-refractivity contribution is 5.92. The number of methoxy groups -OCH3 is 1. The third kappa shape index (κ3) is 5.51. The number of aryl methyl sites for hydroxylation is 1. The zero-order valence-corrected chi connectivity index (χ0v) is 15.1. The van der Waals surface area contributed by atoms with Crippen molar-refractivity contribution in [2.24, 2.45) is 0 Å². The van der Waals surface area contributed by atoms with E-state index in [1.54, 1.807) is 25.3 Å². The molecule has 0 saturated heterocycles. The van der Waals surface area contributed by atoms with E-state index in [1.807, 2.05) is 38.1 Å². The van der Waals surface area contributed by atoms with Crippen molar-refractivity contribution < 1.29 is 24.2 Å². The lowest BCUT2D eigenvalue weighted by molar-refractivity contribution is -0.139. The van der Waals surface area contributed by atoms with Gasteiger partial charge in [0.05, 0.1) is 7.11 Å². The molecule has 6 heteroatoms. The van der Waals surface area contributed by atoms with E-state index in [4.69, 9.17) is 14.6 Å². The summed E-state index contributed by atoms with van der Waals surface area (Å²) in [6.45, 7) is 3.42. The first-order valence-electron chi connectivity index (χ1n) is 8.28. The second-order valence-electron chi connectivity index (χ2n) is 6.09. The molecular formula is C20H23NO5. The molecule has 6 nitrogen and oxygen atoms in total. The lowest BCUT2D eigenvalue weighted by atomic mass is 9.97. The van der Waals surface area contributed by atoms with Crippen LogP contribution in [0.25, 0.3) is 0 Å². The van der Waals surface area contributed by atoms with Gasteiger partial charge >= 0.3 is 5.97 Å². The van der Waals surface area contributed by atoms with Crippen molar-refractivity contribution >= 4 is 17.6 Å². The number of aliphatic carboxylic acids is 1. The minimum atomic E-state index is -1.04. The van der Waals surface area contributed by atoms with Crippen LogP contribution in [0.2, 0.25) is 0 Å². The maximum Gasteiger partial charge on any atom is 0.341 e.